The molecule has 0 aliphatic rings. The summed E-state index contributed by atoms with van der Waals surface area (Å²) in [7, 11) is 5.54. The molecule has 0 heterocycles. The molecule has 0 spiro atoms. The number of amides is 1. The molecule has 0 aliphatic heterocycles. The smallest absolute Gasteiger partial charge is 0.251 e. The second-order valence-electron chi connectivity index (χ2n) is 4.64. The van der Waals surface area contributed by atoms with Crippen LogP contribution in [0.1, 0.15) is 16.8 Å². The third kappa shape index (κ3) is 4.89. The number of hydrogen-bond donors (Lipinski definition) is 2. The van der Waals surface area contributed by atoms with E-state index in [0.717, 1.165) is 5.69 Å². The molecule has 0 saturated heterocycles. The number of anilines is 1. The fraction of sp³-hybridized carbons (Fsp3) is 0.500. The zero-order valence-electron chi connectivity index (χ0n) is 11.8. The number of nitrogens with one attached hydrogen (secondary N) is 1. The van der Waals surface area contributed by atoms with Crippen LogP contribution in [0.4, 0.5) is 5.69 Å². The highest BCUT2D eigenvalue weighted by atomic mass is 16.5. The minimum atomic E-state index is -0.0965. The minimum absolute atomic E-state index is 0.0453. The predicted molar refractivity (Wildman–Crippen MR) is 77.6 cm³/mol. The second-order valence-corrected chi connectivity index (χ2v) is 4.64. The van der Waals surface area contributed by atoms with Crippen molar-refractivity contribution in [2.24, 2.45) is 5.73 Å². The summed E-state index contributed by atoms with van der Waals surface area (Å²) in [4.78, 5) is 14.1. The molecule has 5 heteroatoms. The Hall–Kier alpha value is -1.59. The Bertz CT molecular complexity index is 384. The van der Waals surface area contributed by atoms with Gasteiger partial charge in [0.25, 0.3) is 5.91 Å². The molecule has 106 valence electrons. The summed E-state index contributed by atoms with van der Waals surface area (Å²) in [5.74, 6) is -0.0965. The molecule has 0 radical (unpaired) electrons. The van der Waals surface area contributed by atoms with Crippen LogP contribution in [0.25, 0.3) is 0 Å². The molecule has 3 N–H and O–H groups in total. The highest BCUT2D eigenvalue weighted by molar-refractivity contribution is 5.94. The highest BCUT2D eigenvalue weighted by Crippen LogP contribution is 2.12. The van der Waals surface area contributed by atoms with Gasteiger partial charge in [-0.05, 0) is 37.2 Å². The number of nitrogens with two attached hydrogens (primary N) is 1. The number of hydrogen-bond acceptors (Lipinski definition) is 4. The zero-order chi connectivity index (χ0) is 14.3. The molecule has 0 fully saturated rings. The average molecular weight is 265 g/mol. The van der Waals surface area contributed by atoms with Crippen LogP contribution in [0.3, 0.4) is 0 Å². The number of rotatable bonds is 7. The molecule has 19 heavy (non-hydrogen) atoms. The maximum atomic E-state index is 12.1. The van der Waals surface area contributed by atoms with E-state index in [4.69, 9.17) is 10.5 Å². The molecule has 1 unspecified atom stereocenters. The second kappa shape index (κ2) is 7.76. The Kier molecular flexibility index (Phi) is 6.32. The zero-order valence-corrected chi connectivity index (χ0v) is 11.8. The van der Waals surface area contributed by atoms with Crippen molar-refractivity contribution < 1.29 is 9.53 Å². The van der Waals surface area contributed by atoms with Crippen molar-refractivity contribution in [3.05, 3.63) is 29.8 Å². The van der Waals surface area contributed by atoms with Gasteiger partial charge >= 0.3 is 0 Å². The van der Waals surface area contributed by atoms with E-state index < -0.39 is 0 Å². The van der Waals surface area contributed by atoms with E-state index in [9.17, 15) is 4.79 Å². The number of carbonyl (C=O) groups excluding carboxylic acids is 1. The number of methoxy groups -OCH3 is 1. The van der Waals surface area contributed by atoms with Gasteiger partial charge in [-0.25, -0.2) is 0 Å². The standard InChI is InChI=1S/C14H23N3O2/c1-17(2)13-6-4-11(5-7-13)14(18)16-12(8-9-15)10-19-3/h4-7,12H,8-10,15H2,1-3H3,(H,16,18). The molecule has 1 aromatic rings. The van der Waals surface area contributed by atoms with E-state index in [1.807, 2.05) is 43.3 Å². The third-order valence-electron chi connectivity index (χ3n) is 2.86. The van der Waals surface area contributed by atoms with Gasteiger partial charge in [0.2, 0.25) is 0 Å². The van der Waals surface area contributed by atoms with Gasteiger partial charge in [0.05, 0.1) is 12.6 Å². The summed E-state index contributed by atoms with van der Waals surface area (Å²) in [6.45, 7) is 0.993. The summed E-state index contributed by atoms with van der Waals surface area (Å²) in [6.07, 6.45) is 0.704. The highest BCUT2D eigenvalue weighted by Gasteiger charge is 2.13. The summed E-state index contributed by atoms with van der Waals surface area (Å²) in [5, 5.41) is 2.93. The number of carbonyl (C=O) groups is 1. The molecule has 1 aromatic carbocycles. The van der Waals surface area contributed by atoms with Gasteiger partial charge in [-0.15, -0.1) is 0 Å². The van der Waals surface area contributed by atoms with E-state index in [1.165, 1.54) is 0 Å². The first kappa shape index (κ1) is 15.5. The Morgan fingerprint density at radius 1 is 1.37 bits per heavy atom. The van der Waals surface area contributed by atoms with Crippen LogP contribution >= 0.6 is 0 Å². The van der Waals surface area contributed by atoms with Crippen LogP contribution < -0.4 is 16.0 Å². The largest absolute Gasteiger partial charge is 0.383 e. The molecule has 1 amide bonds. The maximum absolute atomic E-state index is 12.1. The molecular formula is C14H23N3O2. The predicted octanol–water partition coefficient (Wildman–Crippen LogP) is 0.846. The Morgan fingerprint density at radius 3 is 2.47 bits per heavy atom. The summed E-state index contributed by atoms with van der Waals surface area (Å²) in [6, 6.07) is 7.43. The first-order valence-electron chi connectivity index (χ1n) is 6.35. The molecule has 1 rings (SSSR count). The summed E-state index contributed by atoms with van der Waals surface area (Å²) >= 11 is 0. The lowest BCUT2D eigenvalue weighted by molar-refractivity contribution is 0.0893. The quantitative estimate of drug-likeness (QED) is 0.767. The van der Waals surface area contributed by atoms with E-state index in [1.54, 1.807) is 7.11 Å². The van der Waals surface area contributed by atoms with Gasteiger partial charge in [0.15, 0.2) is 0 Å². The Balaban J connectivity index is 2.65. The van der Waals surface area contributed by atoms with Gasteiger partial charge in [0, 0.05) is 32.5 Å². The van der Waals surface area contributed by atoms with Crippen molar-refractivity contribution in [1.29, 1.82) is 0 Å². The molecule has 1 atom stereocenters. The van der Waals surface area contributed by atoms with Crippen LogP contribution in [0.2, 0.25) is 0 Å². The van der Waals surface area contributed by atoms with E-state index in [-0.39, 0.29) is 11.9 Å². The summed E-state index contributed by atoms with van der Waals surface area (Å²) < 4.78 is 5.07. The molecule has 0 bridgehead atoms. The number of ether oxygens (including phenoxy) is 1. The van der Waals surface area contributed by atoms with Crippen molar-refractivity contribution >= 4 is 11.6 Å². The van der Waals surface area contributed by atoms with Crippen molar-refractivity contribution in [3.63, 3.8) is 0 Å². The third-order valence-corrected chi connectivity index (χ3v) is 2.86. The lowest BCUT2D eigenvalue weighted by Crippen LogP contribution is -2.39. The van der Waals surface area contributed by atoms with Gasteiger partial charge in [-0.1, -0.05) is 0 Å². The van der Waals surface area contributed by atoms with Crippen molar-refractivity contribution in [3.8, 4) is 0 Å². The van der Waals surface area contributed by atoms with Crippen LogP contribution in [0.5, 0.6) is 0 Å². The molecular weight excluding hydrogens is 242 g/mol. The monoisotopic (exact) mass is 265 g/mol. The molecule has 0 aliphatic carbocycles. The molecule has 0 aromatic heterocycles. The lowest BCUT2D eigenvalue weighted by Gasteiger charge is -2.17. The number of benzene rings is 1. The maximum Gasteiger partial charge on any atom is 0.251 e. The topological polar surface area (TPSA) is 67.6 Å². The molecule has 0 saturated carbocycles. The SMILES string of the molecule is COCC(CCN)NC(=O)c1ccc(N(C)C)cc1. The van der Waals surface area contributed by atoms with Gasteiger partial charge in [-0.2, -0.15) is 0 Å². The Labute approximate surface area is 114 Å². The minimum Gasteiger partial charge on any atom is -0.383 e. The molecule has 5 nitrogen and oxygen atoms in total. The fourth-order valence-electron chi connectivity index (χ4n) is 1.78. The van der Waals surface area contributed by atoms with E-state index >= 15 is 0 Å². The van der Waals surface area contributed by atoms with Crippen LogP contribution in [0.15, 0.2) is 24.3 Å². The van der Waals surface area contributed by atoms with Crippen LogP contribution in [-0.4, -0.2) is 46.3 Å². The van der Waals surface area contributed by atoms with Crippen molar-refractivity contribution in [1.82, 2.24) is 5.32 Å². The first-order chi connectivity index (χ1) is 9.08. The van der Waals surface area contributed by atoms with Crippen molar-refractivity contribution in [2.75, 3.05) is 39.3 Å². The lowest BCUT2D eigenvalue weighted by atomic mass is 10.1. The van der Waals surface area contributed by atoms with E-state index in [2.05, 4.69) is 5.32 Å². The van der Waals surface area contributed by atoms with Gasteiger partial charge in [-0.3, -0.25) is 4.79 Å². The van der Waals surface area contributed by atoms with E-state index in [0.29, 0.717) is 25.1 Å². The van der Waals surface area contributed by atoms with Gasteiger partial charge in [0.1, 0.15) is 0 Å². The normalized spacial score (nSPS) is 12.0. The first-order valence-corrected chi connectivity index (χ1v) is 6.35. The average Bonchev–Trinajstić information content (AvgIpc) is 2.39. The van der Waals surface area contributed by atoms with Crippen LogP contribution in [-0.2, 0) is 4.74 Å². The van der Waals surface area contributed by atoms with Crippen LogP contribution in [0, 0.1) is 0 Å². The summed E-state index contributed by atoms with van der Waals surface area (Å²) in [5.41, 5.74) is 7.22. The number of nitrogens with zero attached hydrogens (tertiary/aromatic N) is 1. The van der Waals surface area contributed by atoms with Gasteiger partial charge < -0.3 is 20.7 Å². The Morgan fingerprint density at radius 2 is 2.00 bits per heavy atom. The van der Waals surface area contributed by atoms with Crippen molar-refractivity contribution in [2.45, 2.75) is 12.5 Å². The fourth-order valence-corrected chi connectivity index (χ4v) is 1.78.